The normalized spacial score (nSPS) is 14.1. The fourth-order valence-electron chi connectivity index (χ4n) is 3.51. The molecule has 0 spiro atoms. The van der Waals surface area contributed by atoms with Crippen LogP contribution >= 0.6 is 11.8 Å². The summed E-state index contributed by atoms with van der Waals surface area (Å²) >= 11 is 2.02. The van der Waals surface area contributed by atoms with E-state index in [0.717, 1.165) is 41.1 Å². The second-order valence-corrected chi connectivity index (χ2v) is 8.25. The Morgan fingerprint density at radius 2 is 1.77 bits per heavy atom. The first kappa shape index (κ1) is 18.7. The fraction of sp³-hybridized carbons (Fsp3) is 0.227. The summed E-state index contributed by atoms with van der Waals surface area (Å²) in [6.45, 7) is 2.20. The number of fused-ring (bicyclic) bond motifs is 1. The molecule has 1 saturated heterocycles. The van der Waals surface area contributed by atoms with E-state index in [4.69, 9.17) is 9.72 Å². The van der Waals surface area contributed by atoms with Gasteiger partial charge < -0.3 is 15.0 Å². The van der Waals surface area contributed by atoms with Gasteiger partial charge in [-0.15, -0.1) is 0 Å². The molecule has 5 rings (SSSR count). The molecular formula is C22H22N6OS. The SMILES string of the molecule is COc1ccc(-c2nc(Nc3ccc(N4CCSCC4)cc3)c3[nH]ncc3n2)cc1. The molecule has 4 aromatic rings. The van der Waals surface area contributed by atoms with Crippen molar-refractivity contribution in [1.29, 1.82) is 0 Å². The molecule has 2 N–H and O–H groups in total. The molecule has 0 amide bonds. The standard InChI is InChI=1S/C22H22N6OS/c1-29-18-8-2-15(3-9-18)21-25-19-14-23-27-20(19)22(26-21)24-16-4-6-17(7-5-16)28-10-12-30-13-11-28/h2-9,14H,10-13H2,1H3,(H,23,27)(H,24,25,26). The van der Waals surface area contributed by atoms with Gasteiger partial charge >= 0.3 is 0 Å². The van der Waals surface area contributed by atoms with Crippen molar-refractivity contribution in [3.8, 4) is 17.1 Å². The zero-order valence-corrected chi connectivity index (χ0v) is 17.4. The number of nitrogens with zero attached hydrogens (tertiary/aromatic N) is 4. The molecule has 30 heavy (non-hydrogen) atoms. The van der Waals surface area contributed by atoms with Gasteiger partial charge in [0.25, 0.3) is 0 Å². The topological polar surface area (TPSA) is 79.0 Å². The zero-order valence-electron chi connectivity index (χ0n) is 16.6. The van der Waals surface area contributed by atoms with Crippen LogP contribution in [0.15, 0.2) is 54.7 Å². The summed E-state index contributed by atoms with van der Waals surface area (Å²) in [6, 6.07) is 16.2. The number of aromatic amines is 1. The van der Waals surface area contributed by atoms with Crippen LogP contribution in [0, 0.1) is 0 Å². The molecule has 1 aliphatic heterocycles. The molecule has 0 radical (unpaired) electrons. The maximum Gasteiger partial charge on any atom is 0.162 e. The Morgan fingerprint density at radius 1 is 1.00 bits per heavy atom. The van der Waals surface area contributed by atoms with E-state index in [0.29, 0.717) is 11.6 Å². The fourth-order valence-corrected chi connectivity index (χ4v) is 4.42. The first-order valence-electron chi connectivity index (χ1n) is 9.85. The molecular weight excluding hydrogens is 396 g/mol. The Hall–Kier alpha value is -3.26. The third kappa shape index (κ3) is 3.78. The van der Waals surface area contributed by atoms with Gasteiger partial charge in [0.05, 0.1) is 13.3 Å². The Balaban J connectivity index is 1.44. The molecule has 2 aromatic heterocycles. The molecule has 152 valence electrons. The van der Waals surface area contributed by atoms with Gasteiger partial charge in [0.15, 0.2) is 11.6 Å². The third-order valence-corrected chi connectivity index (χ3v) is 6.10. The summed E-state index contributed by atoms with van der Waals surface area (Å²) in [5.74, 6) is 4.51. The van der Waals surface area contributed by atoms with Crippen LogP contribution in [0.25, 0.3) is 22.4 Å². The maximum atomic E-state index is 5.25. The monoisotopic (exact) mass is 418 g/mol. The van der Waals surface area contributed by atoms with E-state index >= 15 is 0 Å². The smallest absolute Gasteiger partial charge is 0.162 e. The number of H-pyrrole nitrogens is 1. The van der Waals surface area contributed by atoms with Crippen molar-refractivity contribution in [1.82, 2.24) is 20.2 Å². The van der Waals surface area contributed by atoms with Gasteiger partial charge in [-0.25, -0.2) is 9.97 Å². The van der Waals surface area contributed by atoms with Crippen molar-refractivity contribution in [3.63, 3.8) is 0 Å². The molecule has 0 aliphatic carbocycles. The summed E-state index contributed by atoms with van der Waals surface area (Å²) in [7, 11) is 1.65. The quantitative estimate of drug-likeness (QED) is 0.499. The highest BCUT2D eigenvalue weighted by Crippen LogP contribution is 2.28. The molecule has 2 aromatic carbocycles. The molecule has 0 saturated carbocycles. The lowest BCUT2D eigenvalue weighted by molar-refractivity contribution is 0.415. The first-order chi connectivity index (χ1) is 14.8. The number of thioether (sulfide) groups is 1. The lowest BCUT2D eigenvalue weighted by Crippen LogP contribution is -2.32. The number of rotatable bonds is 5. The largest absolute Gasteiger partial charge is 0.497 e. The van der Waals surface area contributed by atoms with Crippen LogP contribution < -0.4 is 15.0 Å². The minimum Gasteiger partial charge on any atom is -0.497 e. The van der Waals surface area contributed by atoms with Crippen LogP contribution in [-0.2, 0) is 0 Å². The summed E-state index contributed by atoms with van der Waals surface area (Å²) in [5.41, 5.74) is 4.69. The number of hydrogen-bond acceptors (Lipinski definition) is 7. The number of hydrogen-bond donors (Lipinski definition) is 2. The van der Waals surface area contributed by atoms with Crippen LogP contribution in [0.5, 0.6) is 5.75 Å². The summed E-state index contributed by atoms with van der Waals surface area (Å²) < 4.78 is 5.25. The number of benzene rings is 2. The average Bonchev–Trinajstić information content (AvgIpc) is 3.29. The number of nitrogens with one attached hydrogen (secondary N) is 2. The average molecular weight is 419 g/mol. The van der Waals surface area contributed by atoms with E-state index in [1.807, 2.05) is 36.0 Å². The Morgan fingerprint density at radius 3 is 2.50 bits per heavy atom. The Labute approximate surface area is 178 Å². The van der Waals surface area contributed by atoms with E-state index in [1.165, 1.54) is 17.2 Å². The van der Waals surface area contributed by atoms with Crippen LogP contribution in [0.4, 0.5) is 17.2 Å². The lowest BCUT2D eigenvalue weighted by Gasteiger charge is -2.28. The summed E-state index contributed by atoms with van der Waals surface area (Å²) in [5, 5.41) is 10.6. The minimum absolute atomic E-state index is 0.636. The minimum atomic E-state index is 0.636. The molecule has 0 atom stereocenters. The second-order valence-electron chi connectivity index (χ2n) is 7.03. The van der Waals surface area contributed by atoms with Crippen molar-refractivity contribution in [2.24, 2.45) is 0 Å². The molecule has 3 heterocycles. The van der Waals surface area contributed by atoms with Gasteiger partial charge in [0.1, 0.15) is 16.8 Å². The van der Waals surface area contributed by atoms with Gasteiger partial charge in [-0.3, -0.25) is 5.10 Å². The highest BCUT2D eigenvalue weighted by molar-refractivity contribution is 7.99. The van der Waals surface area contributed by atoms with Gasteiger partial charge in [-0.05, 0) is 48.5 Å². The number of ether oxygens (including phenoxy) is 1. The van der Waals surface area contributed by atoms with Gasteiger partial charge in [0.2, 0.25) is 0 Å². The number of anilines is 3. The highest BCUT2D eigenvalue weighted by Gasteiger charge is 2.13. The van der Waals surface area contributed by atoms with Crippen molar-refractivity contribution in [2.75, 3.05) is 41.9 Å². The van der Waals surface area contributed by atoms with E-state index < -0.39 is 0 Å². The first-order valence-corrected chi connectivity index (χ1v) is 11.0. The lowest BCUT2D eigenvalue weighted by atomic mass is 10.2. The second kappa shape index (κ2) is 8.23. The van der Waals surface area contributed by atoms with Gasteiger partial charge in [-0.2, -0.15) is 16.9 Å². The van der Waals surface area contributed by atoms with Gasteiger partial charge in [-0.1, -0.05) is 0 Å². The van der Waals surface area contributed by atoms with Crippen molar-refractivity contribution in [2.45, 2.75) is 0 Å². The van der Waals surface area contributed by atoms with Crippen molar-refractivity contribution < 1.29 is 4.74 Å². The molecule has 1 aliphatic rings. The van der Waals surface area contributed by atoms with Crippen LogP contribution in [0.3, 0.4) is 0 Å². The maximum absolute atomic E-state index is 5.25. The van der Waals surface area contributed by atoms with Crippen LogP contribution in [0.2, 0.25) is 0 Å². The third-order valence-electron chi connectivity index (χ3n) is 5.15. The van der Waals surface area contributed by atoms with E-state index in [9.17, 15) is 0 Å². The molecule has 0 bridgehead atoms. The molecule has 8 heteroatoms. The predicted molar refractivity (Wildman–Crippen MR) is 123 cm³/mol. The highest BCUT2D eigenvalue weighted by atomic mass is 32.2. The predicted octanol–water partition coefficient (Wildman–Crippen LogP) is 4.33. The number of aromatic nitrogens is 4. The van der Waals surface area contributed by atoms with Crippen molar-refractivity contribution >= 4 is 40.0 Å². The summed E-state index contributed by atoms with van der Waals surface area (Å²) in [4.78, 5) is 11.8. The van der Waals surface area contributed by atoms with Crippen LogP contribution in [0.1, 0.15) is 0 Å². The van der Waals surface area contributed by atoms with Crippen molar-refractivity contribution in [3.05, 3.63) is 54.7 Å². The number of methoxy groups -OCH3 is 1. The van der Waals surface area contributed by atoms with Gasteiger partial charge in [0, 0.05) is 41.5 Å². The Kier molecular flexibility index (Phi) is 5.15. The molecule has 7 nitrogen and oxygen atoms in total. The Bertz CT molecular complexity index is 1140. The molecule has 0 unspecified atom stereocenters. The van der Waals surface area contributed by atoms with E-state index in [1.54, 1.807) is 13.3 Å². The summed E-state index contributed by atoms with van der Waals surface area (Å²) in [6.07, 6.45) is 1.71. The van der Waals surface area contributed by atoms with E-state index in [-0.39, 0.29) is 0 Å². The van der Waals surface area contributed by atoms with Crippen LogP contribution in [-0.4, -0.2) is 51.9 Å². The molecule has 1 fully saturated rings. The zero-order chi connectivity index (χ0) is 20.3. The van der Waals surface area contributed by atoms with E-state index in [2.05, 4.69) is 49.7 Å².